The van der Waals surface area contributed by atoms with Crippen LogP contribution in [0.4, 0.5) is 0 Å². The Morgan fingerprint density at radius 2 is 2.25 bits per heavy atom. The Kier molecular flexibility index (Phi) is 4.85. The minimum absolute atomic E-state index is 0.0847. The van der Waals surface area contributed by atoms with Crippen molar-refractivity contribution in [1.82, 2.24) is 14.7 Å². The van der Waals surface area contributed by atoms with Crippen LogP contribution in [0.3, 0.4) is 0 Å². The van der Waals surface area contributed by atoms with Gasteiger partial charge in [-0.15, -0.1) is 0 Å². The molecule has 1 amide bonds. The number of amides is 1. The van der Waals surface area contributed by atoms with Gasteiger partial charge >= 0.3 is 0 Å². The maximum Gasteiger partial charge on any atom is 0.274 e. The Morgan fingerprint density at radius 1 is 1.42 bits per heavy atom. The summed E-state index contributed by atoms with van der Waals surface area (Å²) in [6, 6.07) is 7.57. The third-order valence-corrected chi connectivity index (χ3v) is 4.45. The first-order valence-corrected chi connectivity index (χ1v) is 8.23. The smallest absolute Gasteiger partial charge is 0.274 e. The quantitative estimate of drug-likeness (QED) is 0.932. The van der Waals surface area contributed by atoms with Crippen molar-refractivity contribution < 1.29 is 14.6 Å². The molecule has 0 spiro atoms. The number of aliphatic hydroxyl groups is 1. The highest BCUT2D eigenvalue weighted by Crippen LogP contribution is 2.24. The summed E-state index contributed by atoms with van der Waals surface area (Å²) < 4.78 is 7.06. The molecule has 1 aromatic heterocycles. The molecule has 3 rings (SSSR count). The number of carbonyl (C=O) groups is 1. The highest BCUT2D eigenvalue weighted by atomic mass is 16.5. The summed E-state index contributed by atoms with van der Waals surface area (Å²) in [4.78, 5) is 14.4. The Balaban J connectivity index is 1.83. The lowest BCUT2D eigenvalue weighted by Crippen LogP contribution is -2.41. The number of piperidine rings is 1. The maximum absolute atomic E-state index is 12.7. The first kappa shape index (κ1) is 16.5. The number of methoxy groups -OCH3 is 1. The van der Waals surface area contributed by atoms with E-state index in [2.05, 4.69) is 5.10 Å². The summed E-state index contributed by atoms with van der Waals surface area (Å²) in [5, 5.41) is 13.8. The molecule has 1 N–H and O–H groups in total. The first-order valence-electron chi connectivity index (χ1n) is 8.23. The Bertz CT molecular complexity index is 726. The van der Waals surface area contributed by atoms with Crippen LogP contribution in [-0.2, 0) is 0 Å². The van der Waals surface area contributed by atoms with Crippen LogP contribution in [0.2, 0.25) is 0 Å². The molecular formula is C18H23N3O3. The van der Waals surface area contributed by atoms with E-state index in [-0.39, 0.29) is 18.4 Å². The van der Waals surface area contributed by atoms with Crippen molar-refractivity contribution in [3.05, 3.63) is 41.7 Å². The number of nitrogens with zero attached hydrogens (tertiary/aromatic N) is 3. The van der Waals surface area contributed by atoms with Crippen molar-refractivity contribution in [2.75, 3.05) is 26.8 Å². The third-order valence-electron chi connectivity index (χ3n) is 4.45. The number of aromatic nitrogens is 2. The van der Waals surface area contributed by atoms with Gasteiger partial charge in [0, 0.05) is 25.9 Å². The minimum atomic E-state index is -0.0847. The maximum atomic E-state index is 12.7. The average Bonchev–Trinajstić information content (AvgIpc) is 3.11. The predicted octanol–water partition coefficient (Wildman–Crippen LogP) is 2.03. The molecule has 1 fully saturated rings. The lowest BCUT2D eigenvalue weighted by molar-refractivity contribution is 0.0614. The van der Waals surface area contributed by atoms with Gasteiger partial charge in [0.25, 0.3) is 5.91 Å². The van der Waals surface area contributed by atoms with Gasteiger partial charge in [-0.1, -0.05) is 6.07 Å². The fourth-order valence-corrected chi connectivity index (χ4v) is 3.11. The fourth-order valence-electron chi connectivity index (χ4n) is 3.11. The molecule has 128 valence electrons. The SMILES string of the molecule is COc1ccc(C)cc1-n1ccc(C(=O)N2CCCC(CO)C2)n1. The van der Waals surface area contributed by atoms with E-state index in [1.165, 1.54) is 0 Å². The van der Waals surface area contributed by atoms with Gasteiger partial charge in [0.15, 0.2) is 5.69 Å². The molecule has 1 unspecified atom stereocenters. The standard InChI is InChI=1S/C18H23N3O3/c1-13-5-6-17(24-2)16(10-13)21-9-7-15(19-21)18(23)20-8-3-4-14(11-20)12-22/h5-7,9-10,14,22H,3-4,8,11-12H2,1-2H3. The highest BCUT2D eigenvalue weighted by molar-refractivity contribution is 5.92. The molecule has 0 saturated carbocycles. The molecule has 1 atom stereocenters. The van der Waals surface area contributed by atoms with Gasteiger partial charge in [-0.3, -0.25) is 4.79 Å². The average molecular weight is 329 g/mol. The van der Waals surface area contributed by atoms with Gasteiger partial charge in [-0.2, -0.15) is 5.10 Å². The Morgan fingerprint density at radius 3 is 3.00 bits per heavy atom. The van der Waals surface area contributed by atoms with Gasteiger partial charge in [0.1, 0.15) is 11.4 Å². The zero-order valence-electron chi connectivity index (χ0n) is 14.1. The molecule has 1 aliphatic heterocycles. The monoisotopic (exact) mass is 329 g/mol. The van der Waals surface area contributed by atoms with Crippen LogP contribution in [0.1, 0.15) is 28.9 Å². The Labute approximate surface area is 141 Å². The van der Waals surface area contributed by atoms with Crippen molar-refractivity contribution in [3.8, 4) is 11.4 Å². The van der Waals surface area contributed by atoms with Gasteiger partial charge in [0.05, 0.1) is 7.11 Å². The number of carbonyl (C=O) groups excluding carboxylic acids is 1. The van der Waals surface area contributed by atoms with Crippen molar-refractivity contribution in [2.24, 2.45) is 5.92 Å². The molecule has 0 aliphatic carbocycles. The summed E-state index contributed by atoms with van der Waals surface area (Å²) in [7, 11) is 1.62. The lowest BCUT2D eigenvalue weighted by atomic mass is 9.99. The van der Waals surface area contributed by atoms with E-state index in [0.29, 0.717) is 18.0 Å². The van der Waals surface area contributed by atoms with Crippen molar-refractivity contribution in [1.29, 1.82) is 0 Å². The number of rotatable bonds is 4. The highest BCUT2D eigenvalue weighted by Gasteiger charge is 2.25. The second-order valence-corrected chi connectivity index (χ2v) is 6.26. The van der Waals surface area contributed by atoms with Crippen LogP contribution in [0.25, 0.3) is 5.69 Å². The topological polar surface area (TPSA) is 67.6 Å². The fraction of sp³-hybridized carbons (Fsp3) is 0.444. The molecule has 2 heterocycles. The zero-order chi connectivity index (χ0) is 17.1. The van der Waals surface area contributed by atoms with E-state index < -0.39 is 0 Å². The molecule has 2 aromatic rings. The Hall–Kier alpha value is -2.34. The van der Waals surface area contributed by atoms with E-state index in [0.717, 1.165) is 30.6 Å². The predicted molar refractivity (Wildman–Crippen MR) is 90.6 cm³/mol. The van der Waals surface area contributed by atoms with E-state index in [9.17, 15) is 9.90 Å². The van der Waals surface area contributed by atoms with E-state index in [1.807, 2.05) is 25.1 Å². The number of aryl methyl sites for hydroxylation is 1. The number of hydrogen-bond acceptors (Lipinski definition) is 4. The molecule has 6 heteroatoms. The summed E-state index contributed by atoms with van der Waals surface area (Å²) >= 11 is 0. The number of aliphatic hydroxyl groups excluding tert-OH is 1. The van der Waals surface area contributed by atoms with Crippen LogP contribution < -0.4 is 4.74 Å². The zero-order valence-corrected chi connectivity index (χ0v) is 14.1. The summed E-state index contributed by atoms with van der Waals surface area (Å²) in [6.45, 7) is 3.44. The van der Waals surface area contributed by atoms with Gasteiger partial charge in [0.2, 0.25) is 0 Å². The number of benzene rings is 1. The molecule has 1 saturated heterocycles. The van der Waals surface area contributed by atoms with Crippen molar-refractivity contribution >= 4 is 5.91 Å². The molecular weight excluding hydrogens is 306 g/mol. The molecule has 6 nitrogen and oxygen atoms in total. The normalized spacial score (nSPS) is 17.8. The summed E-state index contributed by atoms with van der Waals surface area (Å²) in [5.74, 6) is 0.793. The second-order valence-electron chi connectivity index (χ2n) is 6.26. The van der Waals surface area contributed by atoms with E-state index in [1.54, 1.807) is 29.0 Å². The molecule has 1 aromatic carbocycles. The number of likely N-dealkylation sites (tertiary alicyclic amines) is 1. The van der Waals surface area contributed by atoms with Crippen LogP contribution in [0, 0.1) is 12.8 Å². The van der Waals surface area contributed by atoms with E-state index in [4.69, 9.17) is 4.74 Å². The van der Waals surface area contributed by atoms with Crippen LogP contribution >= 0.6 is 0 Å². The van der Waals surface area contributed by atoms with Crippen LogP contribution in [0.5, 0.6) is 5.75 Å². The van der Waals surface area contributed by atoms with Gasteiger partial charge in [-0.25, -0.2) is 4.68 Å². The van der Waals surface area contributed by atoms with Crippen LogP contribution in [-0.4, -0.2) is 52.5 Å². The molecule has 0 radical (unpaired) electrons. The van der Waals surface area contributed by atoms with Crippen molar-refractivity contribution in [3.63, 3.8) is 0 Å². The van der Waals surface area contributed by atoms with Gasteiger partial charge < -0.3 is 14.7 Å². The lowest BCUT2D eigenvalue weighted by Gasteiger charge is -2.31. The number of hydrogen-bond donors (Lipinski definition) is 1. The number of ether oxygens (including phenoxy) is 1. The van der Waals surface area contributed by atoms with E-state index >= 15 is 0 Å². The first-order chi connectivity index (χ1) is 11.6. The molecule has 24 heavy (non-hydrogen) atoms. The van der Waals surface area contributed by atoms with Gasteiger partial charge in [-0.05, 0) is 49.4 Å². The van der Waals surface area contributed by atoms with Crippen LogP contribution in [0.15, 0.2) is 30.5 Å². The summed E-state index contributed by atoms with van der Waals surface area (Å²) in [6.07, 6.45) is 3.66. The third kappa shape index (κ3) is 3.28. The minimum Gasteiger partial charge on any atom is -0.494 e. The largest absolute Gasteiger partial charge is 0.494 e. The van der Waals surface area contributed by atoms with Crippen molar-refractivity contribution in [2.45, 2.75) is 19.8 Å². The second kappa shape index (κ2) is 7.05. The molecule has 1 aliphatic rings. The molecule has 0 bridgehead atoms. The summed E-state index contributed by atoms with van der Waals surface area (Å²) in [5.41, 5.74) is 2.32.